The molecule has 1 aromatic rings. The first-order valence-corrected chi connectivity index (χ1v) is 8.90. The highest BCUT2D eigenvalue weighted by Crippen LogP contribution is 2.19. The quantitative estimate of drug-likeness (QED) is 0.618. The summed E-state index contributed by atoms with van der Waals surface area (Å²) < 4.78 is 20.1. The van der Waals surface area contributed by atoms with Crippen molar-refractivity contribution in [3.8, 4) is 0 Å². The molecule has 0 radical (unpaired) electrons. The molecular formula is C17H22FIN2O3. The van der Waals surface area contributed by atoms with Gasteiger partial charge in [0.2, 0.25) is 0 Å². The second kappa shape index (κ2) is 7.25. The number of amides is 2. The second-order valence-electron chi connectivity index (χ2n) is 6.90. The Hall–Kier alpha value is -1.38. The molecule has 7 heteroatoms. The van der Waals surface area contributed by atoms with Crippen LogP contribution in [-0.2, 0) is 4.74 Å². The standard InChI is InChI=1S/C17H22FIN2O3/c1-11-10-20(7-8-21(11)16(23)24-17(2,3)4)15(22)13-9-12(19)5-6-14(13)18/h5-6,9,11H,7-8,10H2,1-4H3/t11-/m1/s1. The van der Waals surface area contributed by atoms with Gasteiger partial charge in [0, 0.05) is 29.2 Å². The Morgan fingerprint density at radius 2 is 1.96 bits per heavy atom. The fraction of sp³-hybridized carbons (Fsp3) is 0.529. The van der Waals surface area contributed by atoms with E-state index in [4.69, 9.17) is 4.74 Å². The van der Waals surface area contributed by atoms with Gasteiger partial charge in [-0.25, -0.2) is 9.18 Å². The maximum atomic E-state index is 13.9. The van der Waals surface area contributed by atoms with E-state index in [1.54, 1.807) is 21.9 Å². The smallest absolute Gasteiger partial charge is 0.410 e. The number of hydrogen-bond acceptors (Lipinski definition) is 3. The van der Waals surface area contributed by atoms with Gasteiger partial charge in [0.25, 0.3) is 5.91 Å². The highest BCUT2D eigenvalue weighted by molar-refractivity contribution is 14.1. The van der Waals surface area contributed by atoms with E-state index in [2.05, 4.69) is 0 Å². The number of benzene rings is 1. The molecule has 1 aliphatic heterocycles. The van der Waals surface area contributed by atoms with Gasteiger partial charge in [-0.3, -0.25) is 4.79 Å². The molecule has 0 saturated carbocycles. The molecule has 1 saturated heterocycles. The third-order valence-corrected chi connectivity index (χ3v) is 4.37. The van der Waals surface area contributed by atoms with Crippen LogP contribution in [0.25, 0.3) is 0 Å². The Morgan fingerprint density at radius 1 is 1.29 bits per heavy atom. The molecule has 2 rings (SSSR count). The van der Waals surface area contributed by atoms with Crippen molar-refractivity contribution in [2.24, 2.45) is 0 Å². The van der Waals surface area contributed by atoms with Crippen molar-refractivity contribution < 1.29 is 18.7 Å². The first kappa shape index (κ1) is 19.0. The zero-order chi connectivity index (χ0) is 18.1. The van der Waals surface area contributed by atoms with E-state index >= 15 is 0 Å². The van der Waals surface area contributed by atoms with E-state index < -0.39 is 11.4 Å². The van der Waals surface area contributed by atoms with Crippen LogP contribution in [0.5, 0.6) is 0 Å². The summed E-state index contributed by atoms with van der Waals surface area (Å²) in [6, 6.07) is 4.28. The zero-order valence-electron chi connectivity index (χ0n) is 14.3. The lowest BCUT2D eigenvalue weighted by Crippen LogP contribution is -2.56. The SMILES string of the molecule is C[C@@H]1CN(C(=O)c2cc(I)ccc2F)CCN1C(=O)OC(C)(C)C. The molecule has 2 amide bonds. The molecule has 1 aliphatic rings. The average Bonchev–Trinajstić information content (AvgIpc) is 2.47. The van der Waals surface area contributed by atoms with E-state index in [9.17, 15) is 14.0 Å². The third kappa shape index (κ3) is 4.58. The minimum atomic E-state index is -0.562. The molecule has 132 valence electrons. The minimum absolute atomic E-state index is 0.0693. The summed E-state index contributed by atoms with van der Waals surface area (Å²) in [7, 11) is 0. The Kier molecular flexibility index (Phi) is 5.72. The molecule has 0 bridgehead atoms. The number of ether oxygens (including phenoxy) is 1. The molecule has 1 fully saturated rings. The van der Waals surface area contributed by atoms with Crippen LogP contribution in [0, 0.1) is 9.39 Å². The van der Waals surface area contributed by atoms with Crippen LogP contribution in [0.4, 0.5) is 9.18 Å². The molecule has 5 nitrogen and oxygen atoms in total. The van der Waals surface area contributed by atoms with Gasteiger partial charge >= 0.3 is 6.09 Å². The van der Waals surface area contributed by atoms with Crippen molar-refractivity contribution in [2.75, 3.05) is 19.6 Å². The number of nitrogens with zero attached hydrogens (tertiary/aromatic N) is 2. The molecular weight excluding hydrogens is 426 g/mol. The zero-order valence-corrected chi connectivity index (χ0v) is 16.5. The van der Waals surface area contributed by atoms with Crippen LogP contribution < -0.4 is 0 Å². The topological polar surface area (TPSA) is 49.9 Å². The van der Waals surface area contributed by atoms with E-state index in [-0.39, 0.29) is 23.6 Å². The van der Waals surface area contributed by atoms with Gasteiger partial charge in [-0.1, -0.05) is 0 Å². The summed E-state index contributed by atoms with van der Waals surface area (Å²) in [5.41, 5.74) is -0.493. The summed E-state index contributed by atoms with van der Waals surface area (Å²) in [6.45, 7) is 8.37. The van der Waals surface area contributed by atoms with Gasteiger partial charge < -0.3 is 14.5 Å². The first-order chi connectivity index (χ1) is 11.1. The Morgan fingerprint density at radius 3 is 2.54 bits per heavy atom. The van der Waals surface area contributed by atoms with Crippen molar-refractivity contribution in [3.05, 3.63) is 33.1 Å². The Bertz CT molecular complexity index is 645. The van der Waals surface area contributed by atoms with Gasteiger partial charge in [0.05, 0.1) is 5.56 Å². The Balaban J connectivity index is 2.06. The first-order valence-electron chi connectivity index (χ1n) is 7.82. The lowest BCUT2D eigenvalue weighted by Gasteiger charge is -2.40. The molecule has 0 aliphatic carbocycles. The molecule has 0 aromatic heterocycles. The van der Waals surface area contributed by atoms with E-state index in [0.717, 1.165) is 3.57 Å². The summed E-state index contributed by atoms with van der Waals surface area (Å²) in [4.78, 5) is 28.0. The van der Waals surface area contributed by atoms with E-state index in [1.807, 2.05) is 50.3 Å². The minimum Gasteiger partial charge on any atom is -0.444 e. The molecule has 1 heterocycles. The van der Waals surface area contributed by atoms with Crippen LogP contribution in [0.1, 0.15) is 38.1 Å². The molecule has 0 spiro atoms. The monoisotopic (exact) mass is 448 g/mol. The van der Waals surface area contributed by atoms with Crippen LogP contribution in [-0.4, -0.2) is 53.1 Å². The van der Waals surface area contributed by atoms with Crippen LogP contribution in [0.15, 0.2) is 18.2 Å². The lowest BCUT2D eigenvalue weighted by atomic mass is 10.1. The number of hydrogen-bond donors (Lipinski definition) is 0. The second-order valence-corrected chi connectivity index (χ2v) is 8.14. The van der Waals surface area contributed by atoms with Crippen LogP contribution >= 0.6 is 22.6 Å². The van der Waals surface area contributed by atoms with Gasteiger partial charge in [-0.2, -0.15) is 0 Å². The lowest BCUT2D eigenvalue weighted by molar-refractivity contribution is 0.00190. The van der Waals surface area contributed by atoms with Gasteiger partial charge in [-0.15, -0.1) is 0 Å². The molecule has 24 heavy (non-hydrogen) atoms. The average molecular weight is 448 g/mol. The number of halogens is 2. The maximum absolute atomic E-state index is 13.9. The summed E-state index contributed by atoms with van der Waals surface area (Å²) in [5, 5.41) is 0. The number of rotatable bonds is 1. The van der Waals surface area contributed by atoms with Crippen molar-refractivity contribution >= 4 is 34.6 Å². The van der Waals surface area contributed by atoms with Crippen molar-refractivity contribution in [2.45, 2.75) is 39.3 Å². The molecule has 1 atom stereocenters. The molecule has 1 aromatic carbocycles. The predicted molar refractivity (Wildman–Crippen MR) is 97.4 cm³/mol. The molecule has 0 N–H and O–H groups in total. The van der Waals surface area contributed by atoms with Crippen molar-refractivity contribution in [1.82, 2.24) is 9.80 Å². The highest BCUT2D eigenvalue weighted by atomic mass is 127. The van der Waals surface area contributed by atoms with Gasteiger partial charge in [-0.05, 0) is 68.5 Å². The van der Waals surface area contributed by atoms with Crippen LogP contribution in [0.3, 0.4) is 0 Å². The molecule has 0 unspecified atom stereocenters. The fourth-order valence-corrected chi connectivity index (χ4v) is 3.06. The summed E-state index contributed by atoms with van der Waals surface area (Å²) in [6.07, 6.45) is -0.387. The maximum Gasteiger partial charge on any atom is 0.410 e. The van der Waals surface area contributed by atoms with E-state index in [1.165, 1.54) is 6.07 Å². The fourth-order valence-electron chi connectivity index (χ4n) is 2.57. The summed E-state index contributed by atoms with van der Waals surface area (Å²) >= 11 is 2.05. The number of piperazine rings is 1. The Labute approximate surface area is 155 Å². The van der Waals surface area contributed by atoms with Crippen LogP contribution in [0.2, 0.25) is 0 Å². The van der Waals surface area contributed by atoms with Gasteiger partial charge in [0.1, 0.15) is 11.4 Å². The third-order valence-electron chi connectivity index (χ3n) is 3.70. The van der Waals surface area contributed by atoms with E-state index in [0.29, 0.717) is 19.6 Å². The number of carbonyl (C=O) groups is 2. The number of carbonyl (C=O) groups excluding carboxylic acids is 2. The normalized spacial score (nSPS) is 18.5. The van der Waals surface area contributed by atoms with Crippen molar-refractivity contribution in [3.63, 3.8) is 0 Å². The van der Waals surface area contributed by atoms with Crippen molar-refractivity contribution in [1.29, 1.82) is 0 Å². The van der Waals surface area contributed by atoms with Gasteiger partial charge in [0.15, 0.2) is 0 Å². The largest absolute Gasteiger partial charge is 0.444 e. The summed E-state index contributed by atoms with van der Waals surface area (Å²) in [5.74, 6) is -0.871. The highest BCUT2D eigenvalue weighted by Gasteiger charge is 2.33. The predicted octanol–water partition coefficient (Wildman–Crippen LogP) is 3.51.